The second-order valence-electron chi connectivity index (χ2n) is 5.53. The van der Waals surface area contributed by atoms with Gasteiger partial charge < -0.3 is 9.88 Å². The highest BCUT2D eigenvalue weighted by atomic mass is 35.5. The van der Waals surface area contributed by atoms with Gasteiger partial charge in [0, 0.05) is 30.5 Å². The fourth-order valence-corrected chi connectivity index (χ4v) is 2.63. The van der Waals surface area contributed by atoms with E-state index in [2.05, 4.69) is 15.5 Å². The molecule has 2 aromatic heterocycles. The molecule has 0 radical (unpaired) electrons. The molecule has 0 unspecified atom stereocenters. The van der Waals surface area contributed by atoms with Crippen LogP contribution in [-0.4, -0.2) is 20.7 Å². The van der Waals surface area contributed by atoms with Crippen LogP contribution in [0.3, 0.4) is 0 Å². The maximum atomic E-state index is 12.6. The first-order valence-electron chi connectivity index (χ1n) is 7.56. The summed E-state index contributed by atoms with van der Waals surface area (Å²) in [7, 11) is 1.62. The van der Waals surface area contributed by atoms with Crippen molar-refractivity contribution >= 4 is 23.2 Å². The van der Waals surface area contributed by atoms with Crippen molar-refractivity contribution in [2.45, 2.75) is 6.42 Å². The summed E-state index contributed by atoms with van der Waals surface area (Å²) < 4.78 is 1.39. The van der Waals surface area contributed by atoms with E-state index in [1.54, 1.807) is 37.6 Å². The summed E-state index contributed by atoms with van der Waals surface area (Å²) >= 11 is 6.01. The SMILES string of the molecule is Cn1cc(NC(=O)c2nnccc2Cc2cccc(Cl)c2)ccc1=O. The molecule has 1 N–H and O–H groups in total. The molecule has 6 nitrogen and oxygen atoms in total. The first-order chi connectivity index (χ1) is 12.0. The quantitative estimate of drug-likeness (QED) is 0.781. The monoisotopic (exact) mass is 354 g/mol. The Kier molecular flexibility index (Phi) is 4.90. The number of amides is 1. The van der Waals surface area contributed by atoms with E-state index in [0.29, 0.717) is 17.1 Å². The van der Waals surface area contributed by atoms with Crippen molar-refractivity contribution in [2.75, 3.05) is 5.32 Å². The maximum absolute atomic E-state index is 12.6. The summed E-state index contributed by atoms with van der Waals surface area (Å²) in [5.41, 5.74) is 2.29. The number of pyridine rings is 1. The molecule has 1 amide bonds. The molecule has 0 atom stereocenters. The van der Waals surface area contributed by atoms with Crippen molar-refractivity contribution in [3.05, 3.63) is 87.1 Å². The van der Waals surface area contributed by atoms with Gasteiger partial charge >= 0.3 is 0 Å². The summed E-state index contributed by atoms with van der Waals surface area (Å²) in [5, 5.41) is 11.1. The normalized spacial score (nSPS) is 10.5. The van der Waals surface area contributed by atoms with Crippen molar-refractivity contribution < 1.29 is 4.79 Å². The number of aryl methyl sites for hydroxylation is 1. The maximum Gasteiger partial charge on any atom is 0.276 e. The van der Waals surface area contributed by atoms with Gasteiger partial charge in [-0.1, -0.05) is 23.7 Å². The molecule has 2 heterocycles. The van der Waals surface area contributed by atoms with Gasteiger partial charge in [-0.05, 0) is 41.8 Å². The molecule has 25 heavy (non-hydrogen) atoms. The Bertz CT molecular complexity index is 985. The number of nitrogens with one attached hydrogen (secondary N) is 1. The molecular formula is C18H15ClN4O2. The van der Waals surface area contributed by atoms with Crippen LogP contribution in [0.5, 0.6) is 0 Å². The van der Waals surface area contributed by atoms with Crippen molar-refractivity contribution in [1.82, 2.24) is 14.8 Å². The minimum Gasteiger partial charge on any atom is -0.319 e. The fourth-order valence-electron chi connectivity index (χ4n) is 2.42. The Hall–Kier alpha value is -2.99. The molecule has 126 valence electrons. The van der Waals surface area contributed by atoms with E-state index in [-0.39, 0.29) is 17.2 Å². The Balaban J connectivity index is 1.85. The number of nitrogens with zero attached hydrogens (tertiary/aromatic N) is 3. The van der Waals surface area contributed by atoms with Gasteiger partial charge in [0.2, 0.25) is 5.56 Å². The largest absolute Gasteiger partial charge is 0.319 e. The smallest absolute Gasteiger partial charge is 0.276 e. The number of hydrogen-bond acceptors (Lipinski definition) is 4. The lowest BCUT2D eigenvalue weighted by Gasteiger charge is -2.09. The lowest BCUT2D eigenvalue weighted by molar-refractivity contribution is 0.102. The van der Waals surface area contributed by atoms with Gasteiger partial charge in [0.1, 0.15) is 0 Å². The van der Waals surface area contributed by atoms with Gasteiger partial charge in [0.25, 0.3) is 5.91 Å². The van der Waals surface area contributed by atoms with Crippen LogP contribution in [-0.2, 0) is 13.5 Å². The summed E-state index contributed by atoms with van der Waals surface area (Å²) in [4.78, 5) is 24.0. The number of benzene rings is 1. The summed E-state index contributed by atoms with van der Waals surface area (Å²) in [6.07, 6.45) is 3.60. The fraction of sp³-hybridized carbons (Fsp3) is 0.111. The van der Waals surface area contributed by atoms with Crippen LogP contribution >= 0.6 is 11.6 Å². The first kappa shape index (κ1) is 16.9. The van der Waals surface area contributed by atoms with Gasteiger partial charge in [-0.15, -0.1) is 5.10 Å². The van der Waals surface area contributed by atoms with Gasteiger partial charge in [0.05, 0.1) is 5.69 Å². The molecule has 0 saturated carbocycles. The molecule has 0 fully saturated rings. The molecule has 1 aromatic carbocycles. The van der Waals surface area contributed by atoms with Crippen LogP contribution in [0.2, 0.25) is 5.02 Å². The van der Waals surface area contributed by atoms with Crippen LogP contribution in [0.4, 0.5) is 5.69 Å². The third-order valence-corrected chi connectivity index (χ3v) is 3.88. The van der Waals surface area contributed by atoms with E-state index >= 15 is 0 Å². The molecular weight excluding hydrogens is 340 g/mol. The van der Waals surface area contributed by atoms with E-state index in [0.717, 1.165) is 11.1 Å². The van der Waals surface area contributed by atoms with Gasteiger partial charge in [-0.25, -0.2) is 0 Å². The minimum absolute atomic E-state index is 0.154. The highest BCUT2D eigenvalue weighted by molar-refractivity contribution is 6.30. The Morgan fingerprint density at radius 1 is 1.24 bits per heavy atom. The molecule has 0 bridgehead atoms. The third-order valence-electron chi connectivity index (χ3n) is 3.65. The third kappa shape index (κ3) is 4.10. The minimum atomic E-state index is -0.385. The molecule has 0 aliphatic carbocycles. The number of hydrogen-bond donors (Lipinski definition) is 1. The van der Waals surface area contributed by atoms with Crippen LogP contribution in [0, 0.1) is 0 Å². The van der Waals surface area contributed by atoms with E-state index in [4.69, 9.17) is 11.6 Å². The van der Waals surface area contributed by atoms with E-state index in [1.807, 2.05) is 18.2 Å². The lowest BCUT2D eigenvalue weighted by Crippen LogP contribution is -2.20. The molecule has 3 rings (SSSR count). The molecule has 7 heteroatoms. The van der Waals surface area contributed by atoms with E-state index in [1.165, 1.54) is 10.6 Å². The van der Waals surface area contributed by atoms with Crippen LogP contribution in [0.25, 0.3) is 0 Å². The van der Waals surface area contributed by atoms with Crippen molar-refractivity contribution in [1.29, 1.82) is 0 Å². The van der Waals surface area contributed by atoms with Gasteiger partial charge in [0.15, 0.2) is 5.69 Å². The molecule has 0 spiro atoms. The summed E-state index contributed by atoms with van der Waals surface area (Å²) in [5.74, 6) is -0.385. The Labute approximate surface area is 149 Å². The zero-order chi connectivity index (χ0) is 17.8. The zero-order valence-corrected chi connectivity index (χ0v) is 14.2. The summed E-state index contributed by atoms with van der Waals surface area (Å²) in [6.45, 7) is 0. The standard InChI is InChI=1S/C18H15ClN4O2/c1-23-11-15(5-6-16(23)24)21-18(25)17-13(7-8-20-22-17)9-12-3-2-4-14(19)10-12/h2-8,10-11H,9H2,1H3,(H,21,25). The average Bonchev–Trinajstić information content (AvgIpc) is 2.59. The second kappa shape index (κ2) is 7.27. The zero-order valence-electron chi connectivity index (χ0n) is 13.4. The predicted octanol–water partition coefficient (Wildman–Crippen LogP) is 2.67. The average molecular weight is 355 g/mol. The van der Waals surface area contributed by atoms with Gasteiger partial charge in [-0.3, -0.25) is 9.59 Å². The van der Waals surface area contributed by atoms with Crippen molar-refractivity contribution in [3.63, 3.8) is 0 Å². The van der Waals surface area contributed by atoms with Crippen molar-refractivity contribution in [2.24, 2.45) is 7.05 Å². The second-order valence-corrected chi connectivity index (χ2v) is 5.97. The summed E-state index contributed by atoms with van der Waals surface area (Å²) in [6, 6.07) is 12.1. The molecule has 0 aliphatic rings. The van der Waals surface area contributed by atoms with Crippen molar-refractivity contribution in [3.8, 4) is 0 Å². The number of carbonyl (C=O) groups is 1. The van der Waals surface area contributed by atoms with Crippen LogP contribution < -0.4 is 10.9 Å². The van der Waals surface area contributed by atoms with Crippen LogP contribution in [0.1, 0.15) is 21.6 Å². The van der Waals surface area contributed by atoms with E-state index < -0.39 is 0 Å². The predicted molar refractivity (Wildman–Crippen MR) is 95.9 cm³/mol. The molecule has 0 aliphatic heterocycles. The number of rotatable bonds is 4. The Morgan fingerprint density at radius 2 is 2.08 bits per heavy atom. The topological polar surface area (TPSA) is 76.9 Å². The van der Waals surface area contributed by atoms with E-state index in [9.17, 15) is 9.59 Å². The first-order valence-corrected chi connectivity index (χ1v) is 7.94. The number of halogens is 1. The Morgan fingerprint density at radius 3 is 2.84 bits per heavy atom. The lowest BCUT2D eigenvalue weighted by atomic mass is 10.0. The number of carbonyl (C=O) groups excluding carboxylic acids is 1. The molecule has 3 aromatic rings. The highest BCUT2D eigenvalue weighted by Crippen LogP contribution is 2.17. The van der Waals surface area contributed by atoms with Crippen LogP contribution in [0.15, 0.2) is 59.7 Å². The highest BCUT2D eigenvalue weighted by Gasteiger charge is 2.15. The molecule has 0 saturated heterocycles. The number of anilines is 1. The number of aromatic nitrogens is 3. The van der Waals surface area contributed by atoms with Gasteiger partial charge in [-0.2, -0.15) is 5.10 Å².